The molecule has 0 spiro atoms. The predicted molar refractivity (Wildman–Crippen MR) is 83.2 cm³/mol. The molecule has 0 bridgehead atoms. The number of aromatic nitrogens is 2. The molecule has 0 fully saturated rings. The van der Waals surface area contributed by atoms with Gasteiger partial charge in [-0.2, -0.15) is 5.11 Å². The Morgan fingerprint density at radius 2 is 2.00 bits per heavy atom. The van der Waals surface area contributed by atoms with Crippen molar-refractivity contribution in [2.45, 2.75) is 20.4 Å². The molecule has 3 rings (SSSR count). The standard InChI is InChI=1S/C15H14N4OS/c1-9-10(2)21-15-13(9)14(16-8-17-15)19-18-7-11-5-3-4-6-12(11)20/h3-6,8,20H,7H2,1-2H3. The largest absolute Gasteiger partial charge is 0.508 e. The third-order valence-electron chi connectivity index (χ3n) is 3.34. The van der Waals surface area contributed by atoms with E-state index in [2.05, 4.69) is 27.1 Å². The monoisotopic (exact) mass is 298 g/mol. The van der Waals surface area contributed by atoms with Gasteiger partial charge in [0.1, 0.15) is 16.9 Å². The maximum atomic E-state index is 9.70. The molecule has 5 nitrogen and oxygen atoms in total. The fourth-order valence-electron chi connectivity index (χ4n) is 2.06. The second-order valence-corrected chi connectivity index (χ2v) is 5.89. The molecule has 2 heterocycles. The Kier molecular flexibility index (Phi) is 3.62. The second kappa shape index (κ2) is 5.57. The van der Waals surface area contributed by atoms with Gasteiger partial charge >= 0.3 is 0 Å². The van der Waals surface area contributed by atoms with Crippen LogP contribution in [-0.2, 0) is 6.54 Å². The van der Waals surface area contributed by atoms with E-state index in [0.717, 1.165) is 21.3 Å². The van der Waals surface area contributed by atoms with E-state index in [1.165, 1.54) is 11.2 Å². The molecule has 21 heavy (non-hydrogen) atoms. The van der Waals surface area contributed by atoms with Crippen molar-refractivity contribution < 1.29 is 5.11 Å². The number of thiophene rings is 1. The number of phenols is 1. The SMILES string of the molecule is Cc1sc2ncnc(N=NCc3ccccc3O)c2c1C. The summed E-state index contributed by atoms with van der Waals surface area (Å²) < 4.78 is 0. The van der Waals surface area contributed by atoms with Crippen molar-refractivity contribution in [1.29, 1.82) is 0 Å². The number of azo groups is 1. The highest BCUT2D eigenvalue weighted by atomic mass is 32.1. The van der Waals surface area contributed by atoms with Crippen LogP contribution >= 0.6 is 11.3 Å². The number of rotatable bonds is 3. The number of aryl methyl sites for hydroxylation is 2. The topological polar surface area (TPSA) is 70.7 Å². The highest BCUT2D eigenvalue weighted by Crippen LogP contribution is 2.34. The first-order valence-electron chi connectivity index (χ1n) is 6.52. The van der Waals surface area contributed by atoms with Crippen LogP contribution in [0.1, 0.15) is 16.0 Å². The minimum atomic E-state index is 0.229. The van der Waals surface area contributed by atoms with E-state index < -0.39 is 0 Å². The summed E-state index contributed by atoms with van der Waals surface area (Å²) in [6.45, 7) is 4.42. The lowest BCUT2D eigenvalue weighted by atomic mass is 10.2. The number of hydrogen-bond donors (Lipinski definition) is 1. The van der Waals surface area contributed by atoms with Crippen LogP contribution in [0.15, 0.2) is 40.8 Å². The normalized spacial score (nSPS) is 11.5. The summed E-state index contributed by atoms with van der Waals surface area (Å²) in [5.74, 6) is 0.809. The Hall–Kier alpha value is -2.34. The lowest BCUT2D eigenvalue weighted by Crippen LogP contribution is -1.83. The van der Waals surface area contributed by atoms with Gasteiger partial charge in [0, 0.05) is 10.4 Å². The molecule has 2 aromatic heterocycles. The molecule has 0 aliphatic rings. The van der Waals surface area contributed by atoms with Gasteiger partial charge in [-0.25, -0.2) is 9.97 Å². The van der Waals surface area contributed by atoms with E-state index in [4.69, 9.17) is 0 Å². The quantitative estimate of drug-likeness (QED) is 0.733. The van der Waals surface area contributed by atoms with Crippen LogP contribution in [0.4, 0.5) is 5.82 Å². The highest BCUT2D eigenvalue weighted by Gasteiger charge is 2.11. The molecular formula is C15H14N4OS. The first-order chi connectivity index (χ1) is 10.2. The molecule has 0 unspecified atom stereocenters. The number of hydrogen-bond acceptors (Lipinski definition) is 6. The van der Waals surface area contributed by atoms with Gasteiger partial charge < -0.3 is 5.11 Å². The zero-order chi connectivity index (χ0) is 14.8. The first-order valence-corrected chi connectivity index (χ1v) is 7.33. The second-order valence-electron chi connectivity index (χ2n) is 4.69. The molecule has 0 amide bonds. The average molecular weight is 298 g/mol. The predicted octanol–water partition coefficient (Wildman–Crippen LogP) is 4.30. The minimum Gasteiger partial charge on any atom is -0.508 e. The maximum absolute atomic E-state index is 9.70. The van der Waals surface area contributed by atoms with Gasteiger partial charge in [-0.05, 0) is 25.5 Å². The molecule has 0 aliphatic carbocycles. The zero-order valence-electron chi connectivity index (χ0n) is 11.7. The van der Waals surface area contributed by atoms with Crippen LogP contribution in [0, 0.1) is 13.8 Å². The van der Waals surface area contributed by atoms with Crippen LogP contribution in [0.3, 0.4) is 0 Å². The highest BCUT2D eigenvalue weighted by molar-refractivity contribution is 7.18. The van der Waals surface area contributed by atoms with Crippen molar-refractivity contribution in [2.75, 3.05) is 0 Å². The smallest absolute Gasteiger partial charge is 0.186 e. The van der Waals surface area contributed by atoms with E-state index in [1.54, 1.807) is 23.5 Å². The van der Waals surface area contributed by atoms with Crippen LogP contribution in [-0.4, -0.2) is 15.1 Å². The lowest BCUT2D eigenvalue weighted by Gasteiger charge is -1.99. The molecule has 0 atom stereocenters. The van der Waals surface area contributed by atoms with Gasteiger partial charge in [0.05, 0.1) is 11.9 Å². The summed E-state index contributed by atoms with van der Waals surface area (Å²) in [6, 6.07) is 7.10. The minimum absolute atomic E-state index is 0.229. The van der Waals surface area contributed by atoms with E-state index in [9.17, 15) is 5.11 Å². The van der Waals surface area contributed by atoms with Crippen LogP contribution in [0.5, 0.6) is 5.75 Å². The molecule has 3 aromatic rings. The summed E-state index contributed by atoms with van der Waals surface area (Å²) in [6.07, 6.45) is 1.51. The van der Waals surface area contributed by atoms with Gasteiger partial charge in [-0.3, -0.25) is 0 Å². The molecule has 0 aliphatic heterocycles. The molecule has 1 aromatic carbocycles. The van der Waals surface area contributed by atoms with Gasteiger partial charge in [0.2, 0.25) is 0 Å². The zero-order valence-corrected chi connectivity index (χ0v) is 12.6. The molecule has 0 radical (unpaired) electrons. The Balaban J connectivity index is 1.92. The van der Waals surface area contributed by atoms with Crippen molar-refractivity contribution in [3.05, 3.63) is 46.6 Å². The summed E-state index contributed by atoms with van der Waals surface area (Å²) in [7, 11) is 0. The fraction of sp³-hybridized carbons (Fsp3) is 0.200. The van der Waals surface area contributed by atoms with E-state index in [0.29, 0.717) is 12.4 Å². The number of aromatic hydroxyl groups is 1. The summed E-state index contributed by atoms with van der Waals surface area (Å²) in [4.78, 5) is 10.6. The van der Waals surface area contributed by atoms with Crippen molar-refractivity contribution in [3.63, 3.8) is 0 Å². The number of para-hydroxylation sites is 1. The number of nitrogens with zero attached hydrogens (tertiary/aromatic N) is 4. The van der Waals surface area contributed by atoms with E-state index >= 15 is 0 Å². The number of phenolic OH excluding ortho intramolecular Hbond substituents is 1. The van der Waals surface area contributed by atoms with E-state index in [1.807, 2.05) is 19.1 Å². The maximum Gasteiger partial charge on any atom is 0.186 e. The summed E-state index contributed by atoms with van der Waals surface area (Å²) >= 11 is 1.63. The molecule has 0 saturated heterocycles. The van der Waals surface area contributed by atoms with Gasteiger partial charge in [0.25, 0.3) is 0 Å². The van der Waals surface area contributed by atoms with Crippen LogP contribution in [0.2, 0.25) is 0 Å². The molecular weight excluding hydrogens is 284 g/mol. The average Bonchev–Trinajstić information content (AvgIpc) is 2.77. The van der Waals surface area contributed by atoms with E-state index in [-0.39, 0.29) is 5.75 Å². The van der Waals surface area contributed by atoms with Gasteiger partial charge in [-0.15, -0.1) is 16.5 Å². The fourth-order valence-corrected chi connectivity index (χ4v) is 3.05. The summed E-state index contributed by atoms with van der Waals surface area (Å²) in [5, 5.41) is 19.0. The summed E-state index contributed by atoms with van der Waals surface area (Å²) in [5.41, 5.74) is 1.89. The first kappa shape index (κ1) is 13.6. The Morgan fingerprint density at radius 3 is 2.81 bits per heavy atom. The van der Waals surface area contributed by atoms with Gasteiger partial charge in [-0.1, -0.05) is 18.2 Å². The Bertz CT molecular complexity index is 826. The molecule has 6 heteroatoms. The third-order valence-corrected chi connectivity index (χ3v) is 4.46. The van der Waals surface area contributed by atoms with Crippen molar-refractivity contribution in [1.82, 2.24) is 9.97 Å². The Labute approximate surface area is 126 Å². The Morgan fingerprint density at radius 1 is 1.19 bits per heavy atom. The third kappa shape index (κ3) is 2.62. The molecule has 1 N–H and O–H groups in total. The van der Waals surface area contributed by atoms with Gasteiger partial charge in [0.15, 0.2) is 5.82 Å². The van der Waals surface area contributed by atoms with Crippen molar-refractivity contribution in [2.24, 2.45) is 10.2 Å². The number of benzene rings is 1. The molecule has 106 valence electrons. The number of fused-ring (bicyclic) bond motifs is 1. The lowest BCUT2D eigenvalue weighted by molar-refractivity contribution is 0.468. The van der Waals surface area contributed by atoms with Crippen LogP contribution in [0.25, 0.3) is 10.2 Å². The van der Waals surface area contributed by atoms with Crippen molar-refractivity contribution in [3.8, 4) is 5.75 Å². The van der Waals surface area contributed by atoms with Crippen LogP contribution < -0.4 is 0 Å². The molecule has 0 saturated carbocycles. The van der Waals surface area contributed by atoms with Crippen molar-refractivity contribution >= 4 is 27.4 Å².